The van der Waals surface area contributed by atoms with Crippen LogP contribution in [-0.4, -0.2) is 57.6 Å². The van der Waals surface area contributed by atoms with E-state index in [-0.39, 0.29) is 17.7 Å². The first kappa shape index (κ1) is 21.0. The first-order chi connectivity index (χ1) is 12.6. The third-order valence-corrected chi connectivity index (χ3v) is 6.07. The molecule has 2 rings (SSSR count). The van der Waals surface area contributed by atoms with Gasteiger partial charge in [0, 0.05) is 19.0 Å². The highest BCUT2D eigenvalue weighted by molar-refractivity contribution is 7.92. The zero-order valence-electron chi connectivity index (χ0n) is 16.1. The van der Waals surface area contributed by atoms with E-state index >= 15 is 0 Å². The van der Waals surface area contributed by atoms with Crippen molar-refractivity contribution in [3.63, 3.8) is 0 Å². The summed E-state index contributed by atoms with van der Waals surface area (Å²) in [5, 5.41) is 0. The van der Waals surface area contributed by atoms with E-state index in [4.69, 9.17) is 10.5 Å². The number of amides is 2. The number of aryl methyl sites for hydroxylation is 1. The quantitative estimate of drug-likeness (QED) is 0.766. The summed E-state index contributed by atoms with van der Waals surface area (Å²) in [7, 11) is -2.29. The predicted molar refractivity (Wildman–Crippen MR) is 103 cm³/mol. The van der Waals surface area contributed by atoms with Gasteiger partial charge in [-0.15, -0.1) is 0 Å². The molecule has 1 saturated heterocycles. The van der Waals surface area contributed by atoms with E-state index in [1.165, 1.54) is 7.11 Å². The minimum Gasteiger partial charge on any atom is -0.495 e. The SMILES string of the molecule is COc1ccc(C)cc1N([C@@H](C)C(=O)N1CCC(C(N)=O)CC1)S(C)(=O)=O. The van der Waals surface area contributed by atoms with Gasteiger partial charge in [-0.25, -0.2) is 8.42 Å². The second-order valence-corrected chi connectivity index (χ2v) is 8.77. The van der Waals surface area contributed by atoms with E-state index in [9.17, 15) is 18.0 Å². The number of primary amides is 1. The summed E-state index contributed by atoms with van der Waals surface area (Å²) in [6.07, 6.45) is 2.04. The van der Waals surface area contributed by atoms with Gasteiger partial charge in [-0.2, -0.15) is 0 Å². The van der Waals surface area contributed by atoms with Gasteiger partial charge in [0.05, 0.1) is 19.1 Å². The number of benzene rings is 1. The third kappa shape index (κ3) is 4.71. The van der Waals surface area contributed by atoms with Gasteiger partial charge < -0.3 is 15.4 Å². The number of anilines is 1. The molecule has 2 N–H and O–H groups in total. The number of sulfonamides is 1. The summed E-state index contributed by atoms with van der Waals surface area (Å²) in [5.74, 6) is -0.547. The fourth-order valence-corrected chi connectivity index (χ4v) is 4.56. The third-order valence-electron chi connectivity index (χ3n) is 4.85. The van der Waals surface area contributed by atoms with Crippen molar-refractivity contribution in [2.45, 2.75) is 32.7 Å². The minimum atomic E-state index is -3.74. The molecular weight excluding hydrogens is 370 g/mol. The molecule has 150 valence electrons. The molecule has 0 spiro atoms. The molecule has 0 aromatic heterocycles. The number of hydrogen-bond acceptors (Lipinski definition) is 5. The smallest absolute Gasteiger partial charge is 0.246 e. The van der Waals surface area contributed by atoms with Crippen molar-refractivity contribution in [3.05, 3.63) is 23.8 Å². The van der Waals surface area contributed by atoms with Crippen molar-refractivity contribution in [2.75, 3.05) is 30.8 Å². The van der Waals surface area contributed by atoms with Crippen molar-refractivity contribution in [2.24, 2.45) is 11.7 Å². The number of nitrogens with two attached hydrogens (primary N) is 1. The number of ether oxygens (including phenoxy) is 1. The number of carbonyl (C=O) groups excluding carboxylic acids is 2. The van der Waals surface area contributed by atoms with Crippen molar-refractivity contribution >= 4 is 27.5 Å². The summed E-state index contributed by atoms with van der Waals surface area (Å²) >= 11 is 0. The molecule has 1 atom stereocenters. The standard InChI is InChI=1S/C18H27N3O5S/c1-12-5-6-16(26-3)15(11-12)21(27(4,24)25)13(2)18(23)20-9-7-14(8-10-20)17(19)22/h5-6,11,13-14H,7-10H2,1-4H3,(H2,19,22)/t13-/m0/s1. The molecule has 27 heavy (non-hydrogen) atoms. The predicted octanol–water partition coefficient (Wildman–Crippen LogP) is 0.882. The van der Waals surface area contributed by atoms with Crippen LogP contribution in [0.25, 0.3) is 0 Å². The molecule has 0 radical (unpaired) electrons. The summed E-state index contributed by atoms with van der Waals surface area (Å²) in [5.41, 5.74) is 6.51. The van der Waals surface area contributed by atoms with E-state index in [2.05, 4.69) is 0 Å². The molecule has 9 heteroatoms. The van der Waals surface area contributed by atoms with Crippen LogP contribution >= 0.6 is 0 Å². The van der Waals surface area contributed by atoms with Gasteiger partial charge in [-0.05, 0) is 44.4 Å². The Balaban J connectivity index is 2.32. The van der Waals surface area contributed by atoms with Gasteiger partial charge >= 0.3 is 0 Å². The van der Waals surface area contributed by atoms with Gasteiger partial charge in [0.2, 0.25) is 21.8 Å². The fourth-order valence-electron chi connectivity index (χ4n) is 3.40. The molecule has 1 aliphatic rings. The lowest BCUT2D eigenvalue weighted by Gasteiger charge is -2.36. The fraction of sp³-hybridized carbons (Fsp3) is 0.556. The van der Waals surface area contributed by atoms with E-state index < -0.39 is 16.1 Å². The van der Waals surface area contributed by atoms with E-state index in [0.29, 0.717) is 37.4 Å². The monoisotopic (exact) mass is 397 g/mol. The maximum absolute atomic E-state index is 13.0. The second-order valence-electron chi connectivity index (χ2n) is 6.91. The lowest BCUT2D eigenvalue weighted by atomic mass is 9.96. The van der Waals surface area contributed by atoms with Crippen molar-refractivity contribution in [1.29, 1.82) is 0 Å². The molecular formula is C18H27N3O5S. The maximum atomic E-state index is 13.0. The minimum absolute atomic E-state index is 0.243. The van der Waals surface area contributed by atoms with Gasteiger partial charge in [-0.1, -0.05) is 6.07 Å². The Bertz CT molecular complexity index is 816. The summed E-state index contributed by atoms with van der Waals surface area (Å²) in [6, 6.07) is 4.23. The molecule has 1 aromatic rings. The Hall–Kier alpha value is -2.29. The maximum Gasteiger partial charge on any atom is 0.246 e. The zero-order chi connectivity index (χ0) is 20.4. The van der Waals surface area contributed by atoms with E-state index in [1.807, 2.05) is 13.0 Å². The molecule has 0 saturated carbocycles. The first-order valence-corrected chi connectivity index (χ1v) is 10.6. The summed E-state index contributed by atoms with van der Waals surface area (Å²) in [4.78, 5) is 25.9. The number of methoxy groups -OCH3 is 1. The molecule has 0 unspecified atom stereocenters. The van der Waals surface area contributed by atoms with Gasteiger partial charge in [0.15, 0.2) is 0 Å². The Morgan fingerprint density at radius 3 is 2.37 bits per heavy atom. The summed E-state index contributed by atoms with van der Waals surface area (Å²) in [6.45, 7) is 4.15. The van der Waals surface area contributed by atoms with Gasteiger partial charge in [0.1, 0.15) is 11.8 Å². The molecule has 1 heterocycles. The average molecular weight is 397 g/mol. The van der Waals surface area contributed by atoms with Crippen LogP contribution in [-0.2, 0) is 19.6 Å². The van der Waals surface area contributed by atoms with Crippen LogP contribution in [0, 0.1) is 12.8 Å². The molecule has 1 aromatic carbocycles. The number of hydrogen-bond donors (Lipinski definition) is 1. The van der Waals surface area contributed by atoms with Crippen LogP contribution in [0.3, 0.4) is 0 Å². The highest BCUT2D eigenvalue weighted by atomic mass is 32.2. The van der Waals surface area contributed by atoms with Gasteiger partial charge in [-0.3, -0.25) is 13.9 Å². The van der Waals surface area contributed by atoms with Gasteiger partial charge in [0.25, 0.3) is 0 Å². The molecule has 8 nitrogen and oxygen atoms in total. The van der Waals surface area contributed by atoms with Crippen LogP contribution in [0.4, 0.5) is 5.69 Å². The second kappa shape index (κ2) is 8.16. The van der Waals surface area contributed by atoms with Crippen molar-refractivity contribution < 1.29 is 22.7 Å². The molecule has 2 amide bonds. The average Bonchev–Trinajstić information content (AvgIpc) is 2.60. The molecule has 0 aliphatic carbocycles. The number of nitrogens with zero attached hydrogens (tertiary/aromatic N) is 2. The van der Waals surface area contributed by atoms with Crippen LogP contribution in [0.2, 0.25) is 0 Å². The Morgan fingerprint density at radius 1 is 1.30 bits per heavy atom. The normalized spacial score (nSPS) is 16.7. The Kier molecular flexibility index (Phi) is 6.35. The van der Waals surface area contributed by atoms with Crippen LogP contribution in [0.1, 0.15) is 25.3 Å². The van der Waals surface area contributed by atoms with Crippen molar-refractivity contribution in [3.8, 4) is 5.75 Å². The van der Waals surface area contributed by atoms with Crippen LogP contribution in [0.5, 0.6) is 5.75 Å². The van der Waals surface area contributed by atoms with E-state index in [1.54, 1.807) is 24.0 Å². The Labute approximate surface area is 160 Å². The molecule has 0 bridgehead atoms. The number of likely N-dealkylation sites (tertiary alicyclic amines) is 1. The summed E-state index contributed by atoms with van der Waals surface area (Å²) < 4.78 is 31.4. The van der Waals surface area contributed by atoms with Crippen LogP contribution in [0.15, 0.2) is 18.2 Å². The zero-order valence-corrected chi connectivity index (χ0v) is 17.0. The van der Waals surface area contributed by atoms with Crippen LogP contribution < -0.4 is 14.8 Å². The Morgan fingerprint density at radius 2 is 1.89 bits per heavy atom. The van der Waals surface area contributed by atoms with Crippen molar-refractivity contribution in [1.82, 2.24) is 4.90 Å². The lowest BCUT2D eigenvalue weighted by Crippen LogP contribution is -2.52. The molecule has 1 fully saturated rings. The van der Waals surface area contributed by atoms with E-state index in [0.717, 1.165) is 16.1 Å². The lowest BCUT2D eigenvalue weighted by molar-refractivity contribution is -0.135. The highest BCUT2D eigenvalue weighted by Crippen LogP contribution is 2.33. The molecule has 1 aliphatic heterocycles. The number of piperidine rings is 1. The first-order valence-electron chi connectivity index (χ1n) is 8.78. The highest BCUT2D eigenvalue weighted by Gasteiger charge is 2.35. The largest absolute Gasteiger partial charge is 0.495 e. The number of carbonyl (C=O) groups is 2. The topological polar surface area (TPSA) is 110 Å². The number of rotatable bonds is 6.